The minimum atomic E-state index is -0.660. The van der Waals surface area contributed by atoms with E-state index in [1.807, 2.05) is 86.4 Å². The highest BCUT2D eigenvalue weighted by Gasteiger charge is 2.24. The van der Waals surface area contributed by atoms with Gasteiger partial charge in [0.1, 0.15) is 11.9 Å². The molecule has 0 unspecified atom stereocenters. The SMILES string of the molecule is CC(C)N(/N=C/c1c(O)ccc2ccccc12)[C@@H](C)[C@@H](O)c1ccccc1. The number of aliphatic hydroxyl groups is 1. The number of phenolic OH excluding ortho intramolecular Hbond substituents is 1. The molecule has 3 rings (SSSR count). The van der Waals surface area contributed by atoms with Crippen molar-refractivity contribution in [2.45, 2.75) is 39.0 Å². The van der Waals surface area contributed by atoms with E-state index in [1.165, 1.54) is 0 Å². The summed E-state index contributed by atoms with van der Waals surface area (Å²) >= 11 is 0. The van der Waals surface area contributed by atoms with E-state index in [0.717, 1.165) is 16.3 Å². The highest BCUT2D eigenvalue weighted by Crippen LogP contribution is 2.27. The van der Waals surface area contributed by atoms with Gasteiger partial charge < -0.3 is 10.2 Å². The van der Waals surface area contributed by atoms with Gasteiger partial charge in [0.25, 0.3) is 0 Å². The Labute approximate surface area is 160 Å². The predicted molar refractivity (Wildman–Crippen MR) is 111 cm³/mol. The Morgan fingerprint density at radius 3 is 2.26 bits per heavy atom. The van der Waals surface area contributed by atoms with Crippen molar-refractivity contribution in [1.82, 2.24) is 5.01 Å². The van der Waals surface area contributed by atoms with Gasteiger partial charge in [-0.3, -0.25) is 5.01 Å². The monoisotopic (exact) mass is 362 g/mol. The van der Waals surface area contributed by atoms with Crippen LogP contribution in [0.3, 0.4) is 0 Å². The zero-order valence-electron chi connectivity index (χ0n) is 15.9. The Morgan fingerprint density at radius 1 is 0.889 bits per heavy atom. The minimum absolute atomic E-state index is 0.0896. The number of rotatable bonds is 6. The van der Waals surface area contributed by atoms with Crippen molar-refractivity contribution in [3.8, 4) is 5.75 Å². The zero-order valence-corrected chi connectivity index (χ0v) is 15.9. The maximum absolute atomic E-state index is 10.8. The molecule has 2 atom stereocenters. The van der Waals surface area contributed by atoms with Crippen molar-refractivity contribution in [1.29, 1.82) is 0 Å². The molecule has 0 bridgehead atoms. The summed E-state index contributed by atoms with van der Waals surface area (Å²) < 4.78 is 0. The number of nitrogens with zero attached hydrogens (tertiary/aromatic N) is 2. The summed E-state index contributed by atoms with van der Waals surface area (Å²) in [5.41, 5.74) is 1.54. The summed E-state index contributed by atoms with van der Waals surface area (Å²) in [6, 6.07) is 20.9. The van der Waals surface area contributed by atoms with Gasteiger partial charge in [-0.1, -0.05) is 60.7 Å². The van der Waals surface area contributed by atoms with E-state index in [0.29, 0.717) is 5.56 Å². The van der Waals surface area contributed by atoms with Crippen molar-refractivity contribution >= 4 is 17.0 Å². The second kappa shape index (κ2) is 8.23. The van der Waals surface area contributed by atoms with Crippen LogP contribution >= 0.6 is 0 Å². The molecule has 3 aromatic carbocycles. The lowest BCUT2D eigenvalue weighted by atomic mass is 10.0. The largest absolute Gasteiger partial charge is 0.507 e. The first-order chi connectivity index (χ1) is 13.0. The fourth-order valence-corrected chi connectivity index (χ4v) is 3.33. The molecule has 0 spiro atoms. The standard InChI is InChI=1S/C23H26N2O2/c1-16(2)25(17(3)23(27)19-10-5-4-6-11-19)24-15-21-20-12-8-7-9-18(20)13-14-22(21)26/h4-17,23,26-27H,1-3H3/b24-15+/t17-,23+/m0/s1. The molecule has 0 aliphatic carbocycles. The molecule has 4 nitrogen and oxygen atoms in total. The van der Waals surface area contributed by atoms with Gasteiger partial charge in [0, 0.05) is 11.6 Å². The number of benzene rings is 3. The first-order valence-electron chi connectivity index (χ1n) is 9.25. The molecule has 2 N–H and O–H groups in total. The van der Waals surface area contributed by atoms with E-state index < -0.39 is 6.10 Å². The third-order valence-corrected chi connectivity index (χ3v) is 4.81. The second-order valence-electron chi connectivity index (χ2n) is 7.03. The van der Waals surface area contributed by atoms with Crippen LogP contribution in [0.1, 0.15) is 38.0 Å². The third-order valence-electron chi connectivity index (χ3n) is 4.81. The predicted octanol–water partition coefficient (Wildman–Crippen LogP) is 4.71. The lowest BCUT2D eigenvalue weighted by molar-refractivity contribution is 0.0425. The fourth-order valence-electron chi connectivity index (χ4n) is 3.33. The normalized spacial score (nSPS) is 14.0. The van der Waals surface area contributed by atoms with Crippen molar-refractivity contribution in [3.63, 3.8) is 0 Å². The Morgan fingerprint density at radius 2 is 1.56 bits per heavy atom. The van der Waals surface area contributed by atoms with Crippen LogP contribution in [-0.2, 0) is 0 Å². The van der Waals surface area contributed by atoms with E-state index in [-0.39, 0.29) is 17.8 Å². The van der Waals surface area contributed by atoms with Crippen LogP contribution in [0.2, 0.25) is 0 Å². The van der Waals surface area contributed by atoms with E-state index in [2.05, 4.69) is 5.10 Å². The highest BCUT2D eigenvalue weighted by molar-refractivity contribution is 6.02. The molecule has 3 aromatic rings. The third kappa shape index (κ3) is 4.12. The van der Waals surface area contributed by atoms with Crippen molar-refractivity contribution in [2.24, 2.45) is 5.10 Å². The fraction of sp³-hybridized carbons (Fsp3) is 0.261. The molecule has 0 heterocycles. The van der Waals surface area contributed by atoms with Crippen molar-refractivity contribution in [2.75, 3.05) is 0 Å². The molecule has 0 saturated heterocycles. The van der Waals surface area contributed by atoms with E-state index in [9.17, 15) is 10.2 Å². The van der Waals surface area contributed by atoms with Crippen LogP contribution in [0.4, 0.5) is 0 Å². The summed E-state index contributed by atoms with van der Waals surface area (Å²) in [5.74, 6) is 0.192. The van der Waals surface area contributed by atoms with Crippen LogP contribution in [-0.4, -0.2) is 33.5 Å². The Hall–Kier alpha value is -2.85. The molecule has 4 heteroatoms. The lowest BCUT2D eigenvalue weighted by Gasteiger charge is -2.33. The van der Waals surface area contributed by atoms with Crippen LogP contribution in [0.25, 0.3) is 10.8 Å². The number of hydrogen-bond acceptors (Lipinski definition) is 4. The first kappa shape index (κ1) is 18.9. The first-order valence-corrected chi connectivity index (χ1v) is 9.25. The zero-order chi connectivity index (χ0) is 19.4. The summed E-state index contributed by atoms with van der Waals surface area (Å²) in [5, 5.41) is 29.6. The maximum Gasteiger partial charge on any atom is 0.125 e. The molecule has 0 radical (unpaired) electrons. The average Bonchev–Trinajstić information content (AvgIpc) is 2.69. The van der Waals surface area contributed by atoms with Gasteiger partial charge in [-0.05, 0) is 43.2 Å². The van der Waals surface area contributed by atoms with Crippen LogP contribution < -0.4 is 0 Å². The molecule has 27 heavy (non-hydrogen) atoms. The minimum Gasteiger partial charge on any atom is -0.507 e. The van der Waals surface area contributed by atoms with Crippen LogP contribution in [0.15, 0.2) is 71.8 Å². The number of fused-ring (bicyclic) bond motifs is 1. The summed E-state index contributed by atoms with van der Waals surface area (Å²) in [4.78, 5) is 0. The number of aromatic hydroxyl groups is 1. The number of phenols is 1. The van der Waals surface area contributed by atoms with Gasteiger partial charge in [0.15, 0.2) is 0 Å². The van der Waals surface area contributed by atoms with Gasteiger partial charge in [0.2, 0.25) is 0 Å². The molecule has 0 aliphatic heterocycles. The van der Waals surface area contributed by atoms with Crippen molar-refractivity contribution in [3.05, 3.63) is 77.9 Å². The molecule has 0 aliphatic rings. The van der Waals surface area contributed by atoms with Gasteiger partial charge >= 0.3 is 0 Å². The van der Waals surface area contributed by atoms with Gasteiger partial charge in [-0.25, -0.2) is 0 Å². The molecule has 0 saturated carbocycles. The van der Waals surface area contributed by atoms with E-state index in [1.54, 1.807) is 12.3 Å². The van der Waals surface area contributed by atoms with Gasteiger partial charge in [-0.15, -0.1) is 0 Å². The Bertz CT molecular complexity index is 922. The molecular formula is C23H26N2O2. The highest BCUT2D eigenvalue weighted by atomic mass is 16.3. The van der Waals surface area contributed by atoms with Crippen LogP contribution in [0.5, 0.6) is 5.75 Å². The molecule has 0 amide bonds. The van der Waals surface area contributed by atoms with Crippen molar-refractivity contribution < 1.29 is 10.2 Å². The summed E-state index contributed by atoms with van der Waals surface area (Å²) in [6.45, 7) is 6.03. The van der Waals surface area contributed by atoms with Gasteiger partial charge in [0.05, 0.1) is 12.3 Å². The molecule has 140 valence electrons. The lowest BCUT2D eigenvalue weighted by Crippen LogP contribution is -2.38. The van der Waals surface area contributed by atoms with Gasteiger partial charge in [-0.2, -0.15) is 5.10 Å². The number of hydrogen-bond donors (Lipinski definition) is 2. The molecule has 0 aromatic heterocycles. The topological polar surface area (TPSA) is 56.1 Å². The van der Waals surface area contributed by atoms with E-state index >= 15 is 0 Å². The Kier molecular flexibility index (Phi) is 5.77. The Balaban J connectivity index is 1.92. The molecule has 0 fully saturated rings. The smallest absolute Gasteiger partial charge is 0.125 e. The second-order valence-corrected chi connectivity index (χ2v) is 7.03. The molecular weight excluding hydrogens is 336 g/mol. The summed E-state index contributed by atoms with van der Waals surface area (Å²) in [6.07, 6.45) is 1.03. The number of hydrazone groups is 1. The maximum atomic E-state index is 10.8. The summed E-state index contributed by atoms with van der Waals surface area (Å²) in [7, 11) is 0. The average molecular weight is 362 g/mol. The number of aliphatic hydroxyl groups excluding tert-OH is 1. The quantitative estimate of drug-likeness (QED) is 0.493. The van der Waals surface area contributed by atoms with E-state index in [4.69, 9.17) is 0 Å². The van der Waals surface area contributed by atoms with Crippen LogP contribution in [0, 0.1) is 0 Å².